The van der Waals surface area contributed by atoms with Crippen molar-refractivity contribution in [1.29, 1.82) is 0 Å². The van der Waals surface area contributed by atoms with Crippen molar-refractivity contribution >= 4 is 23.4 Å². The number of amides is 2. The van der Waals surface area contributed by atoms with E-state index in [1.165, 1.54) is 0 Å². The first kappa shape index (κ1) is 24.7. The van der Waals surface area contributed by atoms with Crippen molar-refractivity contribution in [1.82, 2.24) is 10.2 Å². The molecule has 0 aliphatic rings. The van der Waals surface area contributed by atoms with Crippen LogP contribution in [0.3, 0.4) is 0 Å². The first-order chi connectivity index (χ1) is 14.9. The number of hydrogen-bond acceptors (Lipinski definition) is 3. The Kier molecular flexibility index (Phi) is 10.4. The average molecular weight is 445 g/mol. The van der Waals surface area contributed by atoms with Crippen LogP contribution in [0.2, 0.25) is 5.02 Å². The van der Waals surface area contributed by atoms with E-state index in [0.717, 1.165) is 17.7 Å². The van der Waals surface area contributed by atoms with E-state index in [1.807, 2.05) is 63.2 Å². The highest BCUT2D eigenvalue weighted by molar-refractivity contribution is 6.30. The number of nitrogens with one attached hydrogen (secondary N) is 1. The summed E-state index contributed by atoms with van der Waals surface area (Å²) < 4.78 is 5.70. The van der Waals surface area contributed by atoms with Crippen molar-refractivity contribution < 1.29 is 14.3 Å². The van der Waals surface area contributed by atoms with Crippen molar-refractivity contribution in [2.24, 2.45) is 0 Å². The molecule has 2 aromatic carbocycles. The Morgan fingerprint density at radius 1 is 1.03 bits per heavy atom. The highest BCUT2D eigenvalue weighted by Crippen LogP contribution is 2.17. The summed E-state index contributed by atoms with van der Waals surface area (Å²) in [6, 6.07) is 16.5. The molecule has 2 atom stereocenters. The van der Waals surface area contributed by atoms with E-state index in [9.17, 15) is 9.59 Å². The van der Waals surface area contributed by atoms with Crippen molar-refractivity contribution in [3.63, 3.8) is 0 Å². The summed E-state index contributed by atoms with van der Waals surface area (Å²) in [7, 11) is 0. The highest BCUT2D eigenvalue weighted by Gasteiger charge is 2.28. The molecule has 168 valence electrons. The van der Waals surface area contributed by atoms with Crippen LogP contribution in [-0.2, 0) is 16.1 Å². The number of para-hydroxylation sites is 1. The molecule has 6 heteroatoms. The molecule has 0 aliphatic carbocycles. The van der Waals surface area contributed by atoms with E-state index in [1.54, 1.807) is 17.0 Å². The molecular weight excluding hydrogens is 412 g/mol. The SMILES string of the molecule is CC[C@@H](C)NC(=O)[C@@H](CC)N(Cc1ccc(Cl)cc1)C(=O)CCCOc1ccccc1. The summed E-state index contributed by atoms with van der Waals surface area (Å²) in [5.41, 5.74) is 0.938. The lowest BCUT2D eigenvalue weighted by Crippen LogP contribution is -2.50. The summed E-state index contributed by atoms with van der Waals surface area (Å²) in [4.78, 5) is 27.7. The van der Waals surface area contributed by atoms with Crippen LogP contribution >= 0.6 is 11.6 Å². The third-order valence-electron chi connectivity index (χ3n) is 5.20. The number of nitrogens with zero attached hydrogens (tertiary/aromatic N) is 1. The van der Waals surface area contributed by atoms with Gasteiger partial charge in [-0.1, -0.05) is 55.8 Å². The van der Waals surface area contributed by atoms with E-state index in [0.29, 0.717) is 37.4 Å². The fraction of sp³-hybridized carbons (Fsp3) is 0.440. The minimum Gasteiger partial charge on any atom is -0.494 e. The third kappa shape index (κ3) is 8.25. The molecule has 0 bridgehead atoms. The van der Waals surface area contributed by atoms with Gasteiger partial charge >= 0.3 is 0 Å². The van der Waals surface area contributed by atoms with Crippen molar-refractivity contribution in [2.45, 2.75) is 65.1 Å². The van der Waals surface area contributed by atoms with E-state index >= 15 is 0 Å². The molecule has 0 spiro atoms. The average Bonchev–Trinajstić information content (AvgIpc) is 2.78. The molecule has 5 nitrogen and oxygen atoms in total. The van der Waals surface area contributed by atoms with Gasteiger partial charge in [0.05, 0.1) is 6.61 Å². The van der Waals surface area contributed by atoms with E-state index in [4.69, 9.17) is 16.3 Å². The van der Waals surface area contributed by atoms with Crippen molar-refractivity contribution in [3.05, 3.63) is 65.2 Å². The fourth-order valence-electron chi connectivity index (χ4n) is 3.22. The van der Waals surface area contributed by atoms with Gasteiger partial charge in [-0.2, -0.15) is 0 Å². The number of carbonyl (C=O) groups is 2. The Hall–Kier alpha value is -2.53. The van der Waals surface area contributed by atoms with Gasteiger partial charge in [-0.15, -0.1) is 0 Å². The van der Waals surface area contributed by atoms with Gasteiger partial charge in [0.25, 0.3) is 0 Å². The zero-order valence-electron chi connectivity index (χ0n) is 18.6. The van der Waals surface area contributed by atoms with Crippen molar-refractivity contribution in [2.75, 3.05) is 6.61 Å². The van der Waals surface area contributed by atoms with E-state index in [2.05, 4.69) is 5.32 Å². The predicted molar refractivity (Wildman–Crippen MR) is 125 cm³/mol. The molecule has 2 aromatic rings. The van der Waals surface area contributed by atoms with Gasteiger partial charge in [0.15, 0.2) is 0 Å². The maximum atomic E-state index is 13.2. The first-order valence-corrected chi connectivity index (χ1v) is 11.3. The summed E-state index contributed by atoms with van der Waals surface area (Å²) >= 11 is 6.00. The fourth-order valence-corrected chi connectivity index (χ4v) is 3.35. The van der Waals surface area contributed by atoms with Gasteiger partial charge in [-0.3, -0.25) is 9.59 Å². The predicted octanol–water partition coefficient (Wildman–Crippen LogP) is 5.22. The standard InChI is InChI=1S/C25H33ClN2O3/c1-4-19(3)27-25(30)23(5-2)28(18-20-13-15-21(26)16-14-20)24(29)12-9-17-31-22-10-7-6-8-11-22/h6-8,10-11,13-16,19,23H,4-5,9,12,17-18H2,1-3H3,(H,27,30)/t19-,23-/m1/s1. The highest BCUT2D eigenvalue weighted by atomic mass is 35.5. The van der Waals surface area contributed by atoms with Crippen LogP contribution < -0.4 is 10.1 Å². The Balaban J connectivity index is 2.06. The van der Waals surface area contributed by atoms with Crippen LogP contribution in [-0.4, -0.2) is 35.4 Å². The first-order valence-electron chi connectivity index (χ1n) is 11.0. The summed E-state index contributed by atoms with van der Waals surface area (Å²) in [6.45, 7) is 6.73. The quantitative estimate of drug-likeness (QED) is 0.456. The van der Waals surface area contributed by atoms with Crippen LogP contribution in [0.1, 0.15) is 52.0 Å². The monoisotopic (exact) mass is 444 g/mol. The van der Waals surface area contributed by atoms with E-state index < -0.39 is 6.04 Å². The van der Waals surface area contributed by atoms with Gasteiger partial charge in [-0.05, 0) is 56.0 Å². The number of halogens is 1. The summed E-state index contributed by atoms with van der Waals surface area (Å²) in [6.07, 6.45) is 2.27. The second kappa shape index (κ2) is 13.0. The van der Waals surface area contributed by atoms with Crippen LogP contribution in [0.25, 0.3) is 0 Å². The summed E-state index contributed by atoms with van der Waals surface area (Å²) in [5.74, 6) is 0.616. The van der Waals surface area contributed by atoms with Gasteiger partial charge in [0.2, 0.25) is 11.8 Å². The van der Waals surface area contributed by atoms with Crippen LogP contribution in [0.15, 0.2) is 54.6 Å². The number of carbonyl (C=O) groups excluding carboxylic acids is 2. The van der Waals surface area contributed by atoms with Gasteiger partial charge in [0.1, 0.15) is 11.8 Å². The maximum absolute atomic E-state index is 13.2. The lowest BCUT2D eigenvalue weighted by molar-refractivity contribution is -0.141. The zero-order chi connectivity index (χ0) is 22.6. The molecule has 0 saturated carbocycles. The molecule has 0 unspecified atom stereocenters. The van der Waals surface area contributed by atoms with Gasteiger partial charge in [-0.25, -0.2) is 0 Å². The lowest BCUT2D eigenvalue weighted by Gasteiger charge is -2.31. The smallest absolute Gasteiger partial charge is 0.243 e. The number of benzene rings is 2. The molecule has 1 N–H and O–H groups in total. The number of ether oxygens (including phenoxy) is 1. The van der Waals surface area contributed by atoms with Gasteiger partial charge in [0, 0.05) is 24.0 Å². The van der Waals surface area contributed by atoms with Crippen LogP contribution in [0.5, 0.6) is 5.75 Å². The molecular formula is C25H33ClN2O3. The van der Waals surface area contributed by atoms with Crippen molar-refractivity contribution in [3.8, 4) is 5.75 Å². The molecule has 0 aromatic heterocycles. The molecule has 2 rings (SSSR count). The molecule has 0 heterocycles. The Bertz CT molecular complexity index is 811. The lowest BCUT2D eigenvalue weighted by atomic mass is 10.1. The largest absolute Gasteiger partial charge is 0.494 e. The molecule has 0 radical (unpaired) electrons. The van der Waals surface area contributed by atoms with Gasteiger partial charge < -0.3 is 15.0 Å². The molecule has 2 amide bonds. The molecule has 0 fully saturated rings. The van der Waals surface area contributed by atoms with E-state index in [-0.39, 0.29) is 17.9 Å². The zero-order valence-corrected chi connectivity index (χ0v) is 19.4. The van der Waals surface area contributed by atoms with Crippen LogP contribution in [0, 0.1) is 0 Å². The Morgan fingerprint density at radius 2 is 1.71 bits per heavy atom. The Labute approximate surface area is 190 Å². The molecule has 0 saturated heterocycles. The second-order valence-corrected chi connectivity index (χ2v) is 8.09. The number of rotatable bonds is 12. The Morgan fingerprint density at radius 3 is 2.32 bits per heavy atom. The second-order valence-electron chi connectivity index (χ2n) is 7.66. The normalized spacial score (nSPS) is 12.6. The minimum atomic E-state index is -0.521. The molecule has 31 heavy (non-hydrogen) atoms. The number of hydrogen-bond donors (Lipinski definition) is 1. The summed E-state index contributed by atoms with van der Waals surface area (Å²) in [5, 5.41) is 3.66. The topological polar surface area (TPSA) is 58.6 Å². The third-order valence-corrected chi connectivity index (χ3v) is 5.45. The minimum absolute atomic E-state index is 0.0576. The van der Waals surface area contributed by atoms with Crippen LogP contribution in [0.4, 0.5) is 0 Å². The maximum Gasteiger partial charge on any atom is 0.243 e. The molecule has 0 aliphatic heterocycles.